The zero-order valence-electron chi connectivity index (χ0n) is 36.3. The molecule has 0 radical (unpaired) electrons. The Balaban J connectivity index is 2.50. The summed E-state index contributed by atoms with van der Waals surface area (Å²) in [5.41, 5.74) is -2.16. The second kappa shape index (κ2) is 34.4. The molecule has 57 heavy (non-hydrogen) atoms. The summed E-state index contributed by atoms with van der Waals surface area (Å²) in [6.45, 7) is 4.49. The van der Waals surface area contributed by atoms with E-state index in [1.165, 1.54) is 141 Å². The van der Waals surface area contributed by atoms with E-state index in [4.69, 9.17) is 4.74 Å². The summed E-state index contributed by atoms with van der Waals surface area (Å²) < 4.78 is 32.1. The van der Waals surface area contributed by atoms with Crippen molar-refractivity contribution < 1.29 is 48.3 Å². The molecule has 0 aromatic rings. The monoisotopic (exact) mass is 834 g/mol. The Morgan fingerprint density at radius 1 is 0.544 bits per heavy atom. The number of carboxylic acid groups (broad SMARTS) is 1. The van der Waals surface area contributed by atoms with Crippen LogP contribution in [0.1, 0.15) is 226 Å². The first-order chi connectivity index (χ1) is 27.5. The average molecular weight is 834 g/mol. The molecule has 0 bridgehead atoms. The van der Waals surface area contributed by atoms with Gasteiger partial charge in [-0.2, -0.15) is 0 Å². The number of aliphatic carboxylic acids is 1. The van der Waals surface area contributed by atoms with Crippen molar-refractivity contribution in [1.82, 2.24) is 5.32 Å². The lowest BCUT2D eigenvalue weighted by atomic mass is 10.00. The van der Waals surface area contributed by atoms with Crippen molar-refractivity contribution in [3.8, 4) is 0 Å². The summed E-state index contributed by atoms with van der Waals surface area (Å²) in [6.07, 6.45) is 28.1. The summed E-state index contributed by atoms with van der Waals surface area (Å²) in [7, 11) is -4.54. The number of nitrogens with one attached hydrogen (secondary N) is 1. The highest BCUT2D eigenvalue weighted by Crippen LogP contribution is 2.27. The van der Waals surface area contributed by atoms with Gasteiger partial charge in [-0.3, -0.25) is 4.79 Å². The molecule has 1 heterocycles. The molecular formula is C45H87NO10S. The Morgan fingerprint density at radius 3 is 1.26 bits per heavy atom. The second-order valence-corrected chi connectivity index (χ2v) is 19.2. The number of amides is 1. The zero-order valence-corrected chi connectivity index (χ0v) is 37.1. The molecule has 338 valence electrons. The van der Waals surface area contributed by atoms with Crippen molar-refractivity contribution in [2.24, 2.45) is 0 Å². The maximum atomic E-state index is 13.5. The van der Waals surface area contributed by atoms with E-state index in [0.29, 0.717) is 12.8 Å². The zero-order chi connectivity index (χ0) is 42.2. The maximum Gasteiger partial charge on any atom is 0.335 e. The molecule has 1 aliphatic rings. The predicted molar refractivity (Wildman–Crippen MR) is 230 cm³/mol. The van der Waals surface area contributed by atoms with Crippen molar-refractivity contribution >= 4 is 21.7 Å². The number of sulfone groups is 1. The largest absolute Gasteiger partial charge is 0.479 e. The minimum Gasteiger partial charge on any atom is -0.479 e. The maximum absolute atomic E-state index is 13.5. The second-order valence-electron chi connectivity index (χ2n) is 17.1. The van der Waals surface area contributed by atoms with E-state index in [0.717, 1.165) is 44.9 Å². The van der Waals surface area contributed by atoms with Crippen molar-refractivity contribution in [2.45, 2.75) is 268 Å². The number of unbranched alkanes of at least 4 members (excludes halogenated alkanes) is 29. The van der Waals surface area contributed by atoms with Crippen LogP contribution in [0, 0.1) is 0 Å². The van der Waals surface area contributed by atoms with Gasteiger partial charge in [0.25, 0.3) is 0 Å². The third-order valence-electron chi connectivity index (χ3n) is 11.8. The smallest absolute Gasteiger partial charge is 0.335 e. The highest BCUT2D eigenvalue weighted by molar-refractivity contribution is 7.92. The van der Waals surface area contributed by atoms with E-state index in [2.05, 4.69) is 19.2 Å². The van der Waals surface area contributed by atoms with Crippen LogP contribution in [0.2, 0.25) is 0 Å². The molecule has 12 heteroatoms. The number of ether oxygens (including phenoxy) is 1. The van der Waals surface area contributed by atoms with Crippen LogP contribution in [-0.4, -0.2) is 93.6 Å². The van der Waals surface area contributed by atoms with E-state index < -0.39 is 63.6 Å². The molecule has 0 aromatic carbocycles. The van der Waals surface area contributed by atoms with Gasteiger partial charge >= 0.3 is 5.97 Å². The molecular weight excluding hydrogens is 747 g/mol. The van der Waals surface area contributed by atoms with Crippen LogP contribution in [0.4, 0.5) is 0 Å². The highest BCUT2D eigenvalue weighted by atomic mass is 32.2. The molecule has 1 fully saturated rings. The van der Waals surface area contributed by atoms with Gasteiger partial charge in [-0.15, -0.1) is 0 Å². The molecule has 1 rings (SSSR count). The fraction of sp³-hybridized carbons (Fsp3) is 0.956. The molecule has 1 amide bonds. The summed E-state index contributed by atoms with van der Waals surface area (Å²) in [5.74, 6) is -2.90. The molecule has 11 nitrogen and oxygen atoms in total. The molecule has 0 spiro atoms. The molecule has 0 aliphatic carbocycles. The van der Waals surface area contributed by atoms with Gasteiger partial charge in [-0.05, 0) is 12.8 Å². The number of carboxylic acids is 1. The summed E-state index contributed by atoms with van der Waals surface area (Å²) in [5, 5.41) is 54.0. The third-order valence-corrected chi connectivity index (χ3v) is 13.7. The van der Waals surface area contributed by atoms with Crippen LogP contribution in [0.15, 0.2) is 0 Å². The number of hydrogen-bond donors (Lipinski definition) is 6. The molecule has 7 atom stereocenters. The number of carbonyl (C=O) groups is 2. The fourth-order valence-electron chi connectivity index (χ4n) is 7.98. The lowest BCUT2D eigenvalue weighted by Crippen LogP contribution is -2.62. The van der Waals surface area contributed by atoms with Crippen LogP contribution in [0.3, 0.4) is 0 Å². The topological polar surface area (TPSA) is 191 Å². The van der Waals surface area contributed by atoms with Gasteiger partial charge < -0.3 is 35.6 Å². The molecule has 1 saturated heterocycles. The molecule has 0 aromatic heterocycles. The van der Waals surface area contributed by atoms with E-state index in [1.54, 1.807) is 0 Å². The van der Waals surface area contributed by atoms with Gasteiger partial charge in [0.2, 0.25) is 5.91 Å². The van der Waals surface area contributed by atoms with Crippen LogP contribution in [0.25, 0.3) is 0 Å². The fourth-order valence-corrected chi connectivity index (χ4v) is 9.85. The Labute approximate surface area is 347 Å². The van der Waals surface area contributed by atoms with Crippen LogP contribution in [-0.2, 0) is 24.2 Å². The van der Waals surface area contributed by atoms with Crippen molar-refractivity contribution in [3.63, 3.8) is 0 Å². The van der Waals surface area contributed by atoms with Gasteiger partial charge in [-0.1, -0.05) is 206 Å². The lowest BCUT2D eigenvalue weighted by molar-refractivity contribution is -0.210. The standard InChI is InChI=1S/C45H87NO10S/c1-3-5-7-9-11-13-15-17-19-21-23-25-27-29-31-33-35-39(48)46-37(36-57(54,55)45-42(51)40(49)41(50)43(56-45)44(52)53)38(47)34-32-30-28-26-24-22-20-18-16-14-12-10-8-6-4-2/h37-38,40-43,45,47,49-51H,3-36H2,1-2H3,(H,46,48)(H,52,53)/t37-,38+,40-,41-,42+,43-,45+/m0/s1. The van der Waals surface area contributed by atoms with Gasteiger partial charge in [0.05, 0.1) is 17.9 Å². The minimum absolute atomic E-state index is 0.176. The van der Waals surface area contributed by atoms with E-state index in [-0.39, 0.29) is 18.7 Å². The Kier molecular flexibility index (Phi) is 32.4. The first kappa shape index (κ1) is 53.7. The Morgan fingerprint density at radius 2 is 0.895 bits per heavy atom. The Bertz CT molecular complexity index is 1090. The van der Waals surface area contributed by atoms with Gasteiger partial charge in [0.15, 0.2) is 21.4 Å². The first-order valence-electron chi connectivity index (χ1n) is 23.6. The van der Waals surface area contributed by atoms with E-state index in [9.17, 15) is 43.5 Å². The number of rotatable bonds is 39. The molecule has 6 N–H and O–H groups in total. The summed E-state index contributed by atoms with van der Waals surface area (Å²) in [6, 6.07) is -1.22. The minimum atomic E-state index is -4.54. The number of aliphatic hydroxyl groups excluding tert-OH is 4. The van der Waals surface area contributed by atoms with E-state index in [1.807, 2.05) is 0 Å². The SMILES string of the molecule is CCCCCCCCCCCCCCCCCCC(=O)N[C@@H](CS(=O)(=O)[C@H]1O[C@H](C(=O)O)[C@@H](O)[C@H](O)[C@H]1O)[C@H](O)CCCCCCCCCCCCCCCCC. The van der Waals surface area contributed by atoms with Gasteiger partial charge in [0, 0.05) is 6.42 Å². The number of carbonyl (C=O) groups excluding carboxylic acids is 1. The number of hydrogen-bond acceptors (Lipinski definition) is 9. The molecule has 1 aliphatic heterocycles. The lowest BCUT2D eigenvalue weighted by Gasteiger charge is -2.39. The summed E-state index contributed by atoms with van der Waals surface area (Å²) >= 11 is 0. The van der Waals surface area contributed by atoms with Crippen molar-refractivity contribution in [3.05, 3.63) is 0 Å². The molecule has 0 unspecified atom stereocenters. The summed E-state index contributed by atoms with van der Waals surface area (Å²) in [4.78, 5) is 24.6. The van der Waals surface area contributed by atoms with Gasteiger partial charge in [-0.25, -0.2) is 13.2 Å². The highest BCUT2D eigenvalue weighted by Gasteiger charge is 2.52. The Hall–Kier alpha value is -1.31. The van der Waals surface area contributed by atoms with Crippen LogP contribution < -0.4 is 5.32 Å². The normalized spacial score (nSPS) is 21.1. The predicted octanol–water partition coefficient (Wildman–Crippen LogP) is 9.05. The molecule has 0 saturated carbocycles. The first-order valence-corrected chi connectivity index (χ1v) is 25.3. The number of aliphatic hydroxyl groups is 4. The third kappa shape index (κ3) is 25.8. The van der Waals surface area contributed by atoms with Gasteiger partial charge in [0.1, 0.15) is 18.3 Å². The van der Waals surface area contributed by atoms with Crippen LogP contribution in [0.5, 0.6) is 0 Å². The van der Waals surface area contributed by atoms with Crippen molar-refractivity contribution in [2.75, 3.05) is 5.75 Å². The van der Waals surface area contributed by atoms with Crippen molar-refractivity contribution in [1.29, 1.82) is 0 Å². The average Bonchev–Trinajstić information content (AvgIpc) is 3.17. The quantitative estimate of drug-likeness (QED) is 0.0326. The van der Waals surface area contributed by atoms with E-state index >= 15 is 0 Å². The van der Waals surface area contributed by atoms with Crippen LogP contribution >= 0.6 is 0 Å².